The van der Waals surface area contributed by atoms with Gasteiger partial charge in [-0.3, -0.25) is 0 Å². The van der Waals surface area contributed by atoms with Crippen molar-refractivity contribution in [2.45, 2.75) is 31.1 Å². The molecule has 4 aromatic carbocycles. The molecular weight excluding hydrogens is 549 g/mol. The first-order chi connectivity index (χ1) is 21.9. The maximum atomic E-state index is 2.51. The Kier molecular flexibility index (Phi) is 6.10. The third-order valence-electron chi connectivity index (χ3n) is 10.5. The van der Waals surface area contributed by atoms with Gasteiger partial charge in [-0.25, -0.2) is 0 Å². The minimum Gasteiger partial charge on any atom is -0.135 e. The maximum Gasteiger partial charge on any atom is 0.0434 e. The van der Waals surface area contributed by atoms with Crippen LogP contribution in [0.4, 0.5) is 0 Å². The largest absolute Gasteiger partial charge is 0.135 e. The smallest absolute Gasteiger partial charge is 0.0434 e. The van der Waals surface area contributed by atoms with Crippen LogP contribution in [0.5, 0.6) is 0 Å². The monoisotopic (exact) mass is 582 g/mol. The van der Waals surface area contributed by atoms with Gasteiger partial charge in [-0.05, 0) is 76.6 Å². The standard InChI is InChI=1S/C43H34S/c1-2-15-29(16-3-1)43(39-26-11-7-20-33(39)34-21-8-12-27-40(34)43)38-25-10-6-19-32(38)30-17-4-5-18-31(30)36-23-14-24-37-35-22-9-13-28-41(35)44-42(36)37/h1-7,9-15,17-20,22-24,26-29,38H,8,16,21,25H2. The minimum absolute atomic E-state index is 0.128. The van der Waals surface area contributed by atoms with Gasteiger partial charge in [-0.15, -0.1) is 11.3 Å². The van der Waals surface area contributed by atoms with Gasteiger partial charge < -0.3 is 0 Å². The molecule has 0 amide bonds. The molecule has 4 aliphatic rings. The molecule has 0 saturated carbocycles. The third kappa shape index (κ3) is 3.69. The SMILES string of the molecule is C1=CCC(C2(C3CC=CC=C3c3ccccc3-c3cccc4c3sc3ccccc34)C3=C(CCC=C3)c3ccccc32)C=C1. The van der Waals surface area contributed by atoms with E-state index in [0.29, 0.717) is 11.8 Å². The van der Waals surface area contributed by atoms with Gasteiger partial charge >= 0.3 is 0 Å². The second-order valence-corrected chi connectivity index (χ2v) is 13.6. The van der Waals surface area contributed by atoms with E-state index >= 15 is 0 Å². The van der Waals surface area contributed by atoms with Crippen LogP contribution < -0.4 is 0 Å². The molecule has 1 heterocycles. The molecule has 4 aliphatic carbocycles. The Balaban J connectivity index is 1.29. The van der Waals surface area contributed by atoms with Crippen LogP contribution in [0.25, 0.3) is 42.4 Å². The van der Waals surface area contributed by atoms with Crippen molar-refractivity contribution in [2.75, 3.05) is 0 Å². The topological polar surface area (TPSA) is 0 Å². The number of allylic oxidation sites excluding steroid dienone is 12. The second-order valence-electron chi connectivity index (χ2n) is 12.6. The summed E-state index contributed by atoms with van der Waals surface area (Å²) in [5, 5.41) is 2.71. The number of hydrogen-bond donors (Lipinski definition) is 0. The van der Waals surface area contributed by atoms with E-state index in [-0.39, 0.29) is 5.41 Å². The molecule has 0 N–H and O–H groups in total. The molecule has 3 unspecified atom stereocenters. The number of fused-ring (bicyclic) bond motifs is 5. The number of benzene rings is 4. The van der Waals surface area contributed by atoms with E-state index in [1.807, 2.05) is 11.3 Å². The first-order valence-electron chi connectivity index (χ1n) is 16.1. The first-order valence-corrected chi connectivity index (χ1v) is 16.9. The second kappa shape index (κ2) is 10.3. The zero-order chi connectivity index (χ0) is 29.1. The van der Waals surface area contributed by atoms with Crippen molar-refractivity contribution >= 4 is 42.7 Å². The van der Waals surface area contributed by atoms with Gasteiger partial charge in [0, 0.05) is 37.1 Å². The molecule has 212 valence electrons. The highest BCUT2D eigenvalue weighted by Gasteiger charge is 2.54. The summed E-state index contributed by atoms with van der Waals surface area (Å²) < 4.78 is 2.73. The van der Waals surface area contributed by atoms with Crippen LogP contribution in [0.2, 0.25) is 0 Å². The highest BCUT2D eigenvalue weighted by atomic mass is 32.1. The Labute approximate surface area is 263 Å². The van der Waals surface area contributed by atoms with Crippen molar-refractivity contribution < 1.29 is 0 Å². The molecule has 0 nitrogen and oxygen atoms in total. The third-order valence-corrected chi connectivity index (χ3v) is 11.7. The highest BCUT2D eigenvalue weighted by Crippen LogP contribution is 2.62. The molecule has 44 heavy (non-hydrogen) atoms. The van der Waals surface area contributed by atoms with Crippen LogP contribution in [-0.4, -0.2) is 0 Å². The summed E-state index contributed by atoms with van der Waals surface area (Å²) in [6.45, 7) is 0. The normalized spacial score (nSPS) is 23.8. The summed E-state index contributed by atoms with van der Waals surface area (Å²) in [5.74, 6) is 0.704. The van der Waals surface area contributed by atoms with Gasteiger partial charge in [0.05, 0.1) is 0 Å². The molecule has 3 atom stereocenters. The van der Waals surface area contributed by atoms with Crippen LogP contribution in [0.1, 0.15) is 42.4 Å². The lowest BCUT2D eigenvalue weighted by Crippen LogP contribution is -2.43. The number of rotatable bonds is 4. The Morgan fingerprint density at radius 3 is 2.32 bits per heavy atom. The lowest BCUT2D eigenvalue weighted by Gasteiger charge is -2.48. The predicted molar refractivity (Wildman–Crippen MR) is 190 cm³/mol. The average Bonchev–Trinajstić information content (AvgIpc) is 3.63. The van der Waals surface area contributed by atoms with Gasteiger partial charge in [-0.1, -0.05) is 140 Å². The van der Waals surface area contributed by atoms with Gasteiger partial charge in [0.1, 0.15) is 0 Å². The van der Waals surface area contributed by atoms with Crippen LogP contribution in [-0.2, 0) is 5.41 Å². The zero-order valence-electron chi connectivity index (χ0n) is 24.7. The predicted octanol–water partition coefficient (Wildman–Crippen LogP) is 11.9. The first kappa shape index (κ1) is 26.0. The van der Waals surface area contributed by atoms with Gasteiger partial charge in [-0.2, -0.15) is 0 Å². The lowest BCUT2D eigenvalue weighted by atomic mass is 9.54. The van der Waals surface area contributed by atoms with Crippen LogP contribution in [0.15, 0.2) is 151 Å². The molecule has 1 heteroatoms. The van der Waals surface area contributed by atoms with Crippen molar-refractivity contribution in [2.24, 2.45) is 11.8 Å². The zero-order valence-corrected chi connectivity index (χ0v) is 25.6. The summed E-state index contributed by atoms with van der Waals surface area (Å²) in [6, 6.07) is 34.3. The van der Waals surface area contributed by atoms with E-state index in [0.717, 1.165) is 25.7 Å². The van der Waals surface area contributed by atoms with Gasteiger partial charge in [0.25, 0.3) is 0 Å². The Morgan fingerprint density at radius 1 is 0.636 bits per heavy atom. The van der Waals surface area contributed by atoms with Crippen molar-refractivity contribution in [3.8, 4) is 11.1 Å². The Bertz CT molecular complexity index is 2140. The molecule has 5 aromatic rings. The molecule has 9 rings (SSSR count). The van der Waals surface area contributed by atoms with E-state index in [4.69, 9.17) is 0 Å². The maximum absolute atomic E-state index is 2.51. The Hall–Kier alpha value is -4.46. The van der Waals surface area contributed by atoms with E-state index in [9.17, 15) is 0 Å². The number of hydrogen-bond acceptors (Lipinski definition) is 1. The molecule has 0 saturated heterocycles. The van der Waals surface area contributed by atoms with Crippen molar-refractivity contribution in [1.29, 1.82) is 0 Å². The van der Waals surface area contributed by atoms with Crippen LogP contribution >= 0.6 is 11.3 Å². The molecule has 0 bridgehead atoms. The molecule has 0 spiro atoms. The molecule has 0 radical (unpaired) electrons. The van der Waals surface area contributed by atoms with E-state index in [1.165, 1.54) is 53.6 Å². The van der Waals surface area contributed by atoms with Gasteiger partial charge in [0.15, 0.2) is 0 Å². The van der Waals surface area contributed by atoms with Crippen molar-refractivity contribution in [3.05, 3.63) is 168 Å². The van der Waals surface area contributed by atoms with Crippen LogP contribution in [0.3, 0.4) is 0 Å². The summed E-state index contributed by atoms with van der Waals surface area (Å²) in [5.41, 5.74) is 11.5. The molecule has 0 aliphatic heterocycles. The summed E-state index contributed by atoms with van der Waals surface area (Å²) in [4.78, 5) is 0. The molecule has 0 fully saturated rings. The summed E-state index contributed by atoms with van der Waals surface area (Å²) >= 11 is 1.93. The fraction of sp³-hybridized carbons (Fsp3) is 0.163. The van der Waals surface area contributed by atoms with E-state index in [2.05, 4.69) is 146 Å². The minimum atomic E-state index is -0.128. The van der Waals surface area contributed by atoms with Crippen LogP contribution in [0, 0.1) is 11.8 Å². The summed E-state index contributed by atoms with van der Waals surface area (Å²) in [7, 11) is 0. The lowest BCUT2D eigenvalue weighted by molar-refractivity contribution is 0.301. The van der Waals surface area contributed by atoms with Crippen molar-refractivity contribution in [3.63, 3.8) is 0 Å². The fourth-order valence-electron chi connectivity index (χ4n) is 8.80. The van der Waals surface area contributed by atoms with E-state index < -0.39 is 0 Å². The van der Waals surface area contributed by atoms with Crippen molar-refractivity contribution in [1.82, 2.24) is 0 Å². The molecular formula is C43H34S. The fourth-order valence-corrected chi connectivity index (χ4v) is 10.0. The summed E-state index contributed by atoms with van der Waals surface area (Å²) in [6.07, 6.45) is 25.9. The highest BCUT2D eigenvalue weighted by molar-refractivity contribution is 7.26. The average molecular weight is 583 g/mol. The molecule has 1 aromatic heterocycles. The Morgan fingerprint density at radius 2 is 1.41 bits per heavy atom. The number of thiophene rings is 1. The van der Waals surface area contributed by atoms with E-state index in [1.54, 1.807) is 11.1 Å². The quantitative estimate of drug-likeness (QED) is 0.198. The van der Waals surface area contributed by atoms with Gasteiger partial charge in [0.2, 0.25) is 0 Å².